The van der Waals surface area contributed by atoms with Crippen LogP contribution < -0.4 is 0 Å². The van der Waals surface area contributed by atoms with Gasteiger partial charge in [0.2, 0.25) is 0 Å². The molecular formula is C15H28. The molecule has 0 aliphatic heterocycles. The van der Waals surface area contributed by atoms with Crippen LogP contribution in [0.3, 0.4) is 0 Å². The maximum absolute atomic E-state index is 4.17. The van der Waals surface area contributed by atoms with Gasteiger partial charge in [0.15, 0.2) is 0 Å². The van der Waals surface area contributed by atoms with Gasteiger partial charge in [-0.05, 0) is 37.0 Å². The Morgan fingerprint density at radius 3 is 1.40 bits per heavy atom. The van der Waals surface area contributed by atoms with Gasteiger partial charge >= 0.3 is 0 Å². The van der Waals surface area contributed by atoms with Crippen LogP contribution >= 0.6 is 0 Å². The predicted octanol–water partition coefficient (Wildman–Crippen LogP) is 5.07. The zero-order valence-electron chi connectivity index (χ0n) is 11.6. The van der Waals surface area contributed by atoms with Crippen molar-refractivity contribution in [2.45, 2.75) is 48.5 Å². The summed E-state index contributed by atoms with van der Waals surface area (Å²) in [4.78, 5) is 0. The third-order valence-electron chi connectivity index (χ3n) is 3.11. The molecule has 0 amide bonds. The molecule has 0 heteroatoms. The van der Waals surface area contributed by atoms with Gasteiger partial charge in [0.05, 0.1) is 0 Å². The van der Waals surface area contributed by atoms with E-state index >= 15 is 0 Å². The maximum Gasteiger partial charge on any atom is -0.00921 e. The average molecular weight is 208 g/mol. The van der Waals surface area contributed by atoms with Gasteiger partial charge in [-0.1, -0.05) is 58.9 Å². The van der Waals surface area contributed by atoms with E-state index in [-0.39, 0.29) is 5.41 Å². The summed E-state index contributed by atoms with van der Waals surface area (Å²) < 4.78 is 0. The van der Waals surface area contributed by atoms with E-state index in [1.165, 1.54) is 11.1 Å². The van der Waals surface area contributed by atoms with Crippen molar-refractivity contribution < 1.29 is 0 Å². The summed E-state index contributed by atoms with van der Waals surface area (Å²) in [5.41, 5.74) is 2.83. The van der Waals surface area contributed by atoms with Gasteiger partial charge in [-0.15, -0.1) is 0 Å². The largest absolute Gasteiger partial charge is 0.0998 e. The van der Waals surface area contributed by atoms with Crippen LogP contribution in [0.4, 0.5) is 0 Å². The molecule has 2 atom stereocenters. The molecule has 2 unspecified atom stereocenters. The third kappa shape index (κ3) is 3.85. The molecule has 0 aromatic heterocycles. The Morgan fingerprint density at radius 2 is 1.33 bits per heavy atom. The lowest BCUT2D eigenvalue weighted by atomic mass is 9.64. The minimum atomic E-state index is 0.264. The second-order valence-corrected chi connectivity index (χ2v) is 6.31. The van der Waals surface area contributed by atoms with Crippen molar-refractivity contribution >= 4 is 0 Å². The molecule has 0 nitrogen and oxygen atoms in total. The van der Waals surface area contributed by atoms with Crippen LogP contribution in [0.25, 0.3) is 0 Å². The van der Waals surface area contributed by atoms with Gasteiger partial charge in [0, 0.05) is 0 Å². The summed E-state index contributed by atoms with van der Waals surface area (Å²) in [6.45, 7) is 24.1. The Labute approximate surface area is 96.5 Å². The molecule has 88 valence electrons. The van der Waals surface area contributed by atoms with Crippen molar-refractivity contribution in [1.29, 1.82) is 0 Å². The first-order valence-electron chi connectivity index (χ1n) is 5.89. The van der Waals surface area contributed by atoms with Gasteiger partial charge in [-0.25, -0.2) is 0 Å². The first-order chi connectivity index (χ1) is 6.59. The van der Waals surface area contributed by atoms with Gasteiger partial charge < -0.3 is 0 Å². The zero-order chi connectivity index (χ0) is 12.4. The quantitative estimate of drug-likeness (QED) is 0.566. The fourth-order valence-electron chi connectivity index (χ4n) is 2.82. The molecule has 0 aliphatic rings. The summed E-state index contributed by atoms with van der Waals surface area (Å²) in [6, 6.07) is 0. The molecule has 0 saturated heterocycles. The van der Waals surface area contributed by atoms with Crippen LogP contribution in [0.2, 0.25) is 0 Å². The van der Waals surface area contributed by atoms with Crippen LogP contribution in [0, 0.1) is 23.2 Å². The number of hydrogen-bond donors (Lipinski definition) is 0. The molecule has 0 radical (unpaired) electrons. The van der Waals surface area contributed by atoms with E-state index < -0.39 is 0 Å². The Bertz CT molecular complexity index is 237. The average Bonchev–Trinajstić information content (AvgIpc) is 1.94. The Hall–Kier alpha value is -0.520. The van der Waals surface area contributed by atoms with Crippen molar-refractivity contribution in [3.05, 3.63) is 24.3 Å². The summed E-state index contributed by atoms with van der Waals surface area (Å²) in [6.07, 6.45) is 0. The minimum absolute atomic E-state index is 0.264. The van der Waals surface area contributed by atoms with Crippen LogP contribution in [0.15, 0.2) is 24.3 Å². The SMILES string of the molecule is C=C(C)C(C(C)C)C(C(=C)C)C(C)(C)C. The molecule has 15 heavy (non-hydrogen) atoms. The van der Waals surface area contributed by atoms with Crippen LogP contribution in [-0.4, -0.2) is 0 Å². The van der Waals surface area contributed by atoms with E-state index in [1.54, 1.807) is 0 Å². The standard InChI is InChI=1S/C15H28/c1-10(2)13(11(3)4)14(12(5)6)15(7,8)9/h11,13-14H,1,5H2,2-4,6-9H3. The third-order valence-corrected chi connectivity index (χ3v) is 3.11. The Kier molecular flexibility index (Phi) is 4.83. The summed E-state index contributed by atoms with van der Waals surface area (Å²) >= 11 is 0. The number of allylic oxidation sites excluding steroid dienone is 2. The highest BCUT2D eigenvalue weighted by Crippen LogP contribution is 2.42. The van der Waals surface area contributed by atoms with Crippen molar-refractivity contribution in [2.24, 2.45) is 23.2 Å². The molecule has 0 aromatic carbocycles. The summed E-state index contributed by atoms with van der Waals surface area (Å²) in [7, 11) is 0. The van der Waals surface area contributed by atoms with Gasteiger partial charge in [0.25, 0.3) is 0 Å². The minimum Gasteiger partial charge on any atom is -0.0998 e. The molecule has 0 aliphatic carbocycles. The van der Waals surface area contributed by atoms with Crippen LogP contribution in [0.5, 0.6) is 0 Å². The van der Waals surface area contributed by atoms with E-state index in [1.807, 2.05) is 0 Å². The topological polar surface area (TPSA) is 0 Å². The molecule has 0 fully saturated rings. The summed E-state index contributed by atoms with van der Waals surface area (Å²) in [5, 5.41) is 0. The van der Waals surface area contributed by atoms with Crippen LogP contribution in [0.1, 0.15) is 48.5 Å². The van der Waals surface area contributed by atoms with Crippen LogP contribution in [-0.2, 0) is 0 Å². The van der Waals surface area contributed by atoms with Crippen molar-refractivity contribution in [2.75, 3.05) is 0 Å². The predicted molar refractivity (Wildman–Crippen MR) is 70.9 cm³/mol. The van der Waals surface area contributed by atoms with Gasteiger partial charge in [0.1, 0.15) is 0 Å². The smallest absolute Gasteiger partial charge is 0.00921 e. The second kappa shape index (κ2) is 5.01. The fraction of sp³-hybridized carbons (Fsp3) is 0.733. The van der Waals surface area contributed by atoms with E-state index in [4.69, 9.17) is 0 Å². The molecule has 0 saturated carbocycles. The van der Waals surface area contributed by atoms with Crippen molar-refractivity contribution in [3.8, 4) is 0 Å². The van der Waals surface area contributed by atoms with E-state index in [2.05, 4.69) is 61.6 Å². The number of hydrogen-bond acceptors (Lipinski definition) is 0. The fourth-order valence-corrected chi connectivity index (χ4v) is 2.82. The maximum atomic E-state index is 4.17. The molecule has 0 spiro atoms. The van der Waals surface area contributed by atoms with E-state index in [0.717, 1.165) is 0 Å². The first-order valence-corrected chi connectivity index (χ1v) is 5.89. The highest BCUT2D eigenvalue weighted by molar-refractivity contribution is 5.13. The molecule has 0 heterocycles. The molecular weight excluding hydrogens is 180 g/mol. The number of rotatable bonds is 4. The lowest BCUT2D eigenvalue weighted by Gasteiger charge is -2.40. The molecule has 0 rings (SSSR count). The first kappa shape index (κ1) is 14.5. The Morgan fingerprint density at radius 1 is 0.933 bits per heavy atom. The zero-order valence-corrected chi connectivity index (χ0v) is 11.6. The monoisotopic (exact) mass is 208 g/mol. The molecule has 0 bridgehead atoms. The van der Waals surface area contributed by atoms with Gasteiger partial charge in [-0.2, -0.15) is 0 Å². The highest BCUT2D eigenvalue weighted by Gasteiger charge is 2.34. The lowest BCUT2D eigenvalue weighted by Crippen LogP contribution is -2.32. The van der Waals surface area contributed by atoms with E-state index in [0.29, 0.717) is 17.8 Å². The van der Waals surface area contributed by atoms with Crippen molar-refractivity contribution in [3.63, 3.8) is 0 Å². The second-order valence-electron chi connectivity index (χ2n) is 6.31. The van der Waals surface area contributed by atoms with Gasteiger partial charge in [-0.3, -0.25) is 0 Å². The molecule has 0 N–H and O–H groups in total. The normalized spacial score (nSPS) is 16.3. The lowest BCUT2D eigenvalue weighted by molar-refractivity contribution is 0.180. The highest BCUT2D eigenvalue weighted by atomic mass is 14.4. The molecule has 0 aromatic rings. The Balaban J connectivity index is 5.21. The van der Waals surface area contributed by atoms with E-state index in [9.17, 15) is 0 Å². The summed E-state index contributed by atoms with van der Waals surface area (Å²) in [5.74, 6) is 1.70. The van der Waals surface area contributed by atoms with Crippen molar-refractivity contribution in [1.82, 2.24) is 0 Å².